The number of amides is 2. The number of nitrogens with zero attached hydrogens (tertiary/aromatic N) is 3. The molecule has 2 heterocycles. The van der Waals surface area contributed by atoms with E-state index in [4.69, 9.17) is 11.6 Å². The van der Waals surface area contributed by atoms with E-state index in [1.807, 2.05) is 36.4 Å². The van der Waals surface area contributed by atoms with Gasteiger partial charge in [0.1, 0.15) is 6.04 Å². The Morgan fingerprint density at radius 2 is 1.89 bits per heavy atom. The zero-order valence-electron chi connectivity index (χ0n) is 18.5. The van der Waals surface area contributed by atoms with Gasteiger partial charge in [0.05, 0.1) is 23.7 Å². The third kappa shape index (κ3) is 5.81. The predicted octanol–water partition coefficient (Wildman–Crippen LogP) is 4.94. The van der Waals surface area contributed by atoms with Gasteiger partial charge in [0.2, 0.25) is 5.91 Å². The van der Waals surface area contributed by atoms with E-state index in [0.29, 0.717) is 21.5 Å². The van der Waals surface area contributed by atoms with Crippen LogP contribution in [0.5, 0.6) is 0 Å². The molecular weight excluding hydrogens is 474 g/mol. The number of pyridine rings is 1. The summed E-state index contributed by atoms with van der Waals surface area (Å²) >= 11 is 5.92. The van der Waals surface area contributed by atoms with E-state index in [9.17, 15) is 23.6 Å². The molecule has 1 N–H and O–H groups in total. The van der Waals surface area contributed by atoms with E-state index in [0.717, 1.165) is 16.0 Å². The molecule has 1 aromatic heterocycles. The Kier molecular flexibility index (Phi) is 7.08. The summed E-state index contributed by atoms with van der Waals surface area (Å²) in [6.45, 7) is -0.635. The summed E-state index contributed by atoms with van der Waals surface area (Å²) in [5.41, 5.74) is 2.74. The monoisotopic (exact) mass is 494 g/mol. The number of aromatic nitrogens is 1. The number of halogens is 3. The van der Waals surface area contributed by atoms with Gasteiger partial charge >= 0.3 is 0 Å². The van der Waals surface area contributed by atoms with E-state index in [-0.39, 0.29) is 6.54 Å². The number of benzene rings is 2. The van der Waals surface area contributed by atoms with Gasteiger partial charge in [-0.15, -0.1) is 0 Å². The van der Waals surface area contributed by atoms with Crippen molar-refractivity contribution in [3.63, 3.8) is 0 Å². The van der Waals surface area contributed by atoms with Crippen molar-refractivity contribution in [2.24, 2.45) is 0 Å². The molecule has 1 aliphatic heterocycles. The highest BCUT2D eigenvalue weighted by Gasteiger charge is 2.42. The zero-order chi connectivity index (χ0) is 25.0. The second-order valence-electron chi connectivity index (χ2n) is 8.24. The van der Waals surface area contributed by atoms with E-state index < -0.39 is 43.2 Å². The Balaban J connectivity index is 1.48. The lowest BCUT2D eigenvalue weighted by atomic mass is 9.99. The molecule has 9 heteroatoms. The Bertz CT molecular complexity index is 1340. The summed E-state index contributed by atoms with van der Waals surface area (Å²) in [6.07, 6.45) is 4.10. The highest BCUT2D eigenvalue weighted by Crippen LogP contribution is 2.31. The third-order valence-electron chi connectivity index (χ3n) is 5.80. The summed E-state index contributed by atoms with van der Waals surface area (Å²) in [4.78, 5) is 30.9. The van der Waals surface area contributed by atoms with Crippen molar-refractivity contribution in [3.05, 3.63) is 76.4 Å². The van der Waals surface area contributed by atoms with E-state index in [1.54, 1.807) is 30.3 Å². The number of hydrogen-bond donors (Lipinski definition) is 1. The Morgan fingerprint density at radius 1 is 1.17 bits per heavy atom. The maximum absolute atomic E-state index is 13.6. The van der Waals surface area contributed by atoms with Gasteiger partial charge in [-0.3, -0.25) is 14.6 Å². The number of nitrogens with one attached hydrogen (secondary N) is 1. The van der Waals surface area contributed by atoms with Crippen molar-refractivity contribution < 1.29 is 18.4 Å². The normalized spacial score (nSPS) is 17.3. The number of piperidine rings is 1. The van der Waals surface area contributed by atoms with Crippen molar-refractivity contribution in [3.8, 4) is 6.07 Å². The SMILES string of the molecule is N#CC1CC(F)(F)CCN1C(=O)CNC(=O)c1ccnc2ccc(C=Cc3ccc(Cl)cc3)cc12. The highest BCUT2D eigenvalue weighted by molar-refractivity contribution is 6.30. The van der Waals surface area contributed by atoms with Crippen LogP contribution in [0.2, 0.25) is 5.02 Å². The first-order chi connectivity index (χ1) is 16.8. The molecule has 0 radical (unpaired) electrons. The fourth-order valence-electron chi connectivity index (χ4n) is 3.93. The van der Waals surface area contributed by atoms with E-state index in [2.05, 4.69) is 10.3 Å². The number of fused-ring (bicyclic) bond motifs is 1. The van der Waals surface area contributed by atoms with Crippen molar-refractivity contribution >= 4 is 46.5 Å². The minimum Gasteiger partial charge on any atom is -0.343 e. The molecule has 1 fully saturated rings. The molecule has 2 aromatic carbocycles. The van der Waals surface area contributed by atoms with Gasteiger partial charge in [-0.1, -0.05) is 42.0 Å². The van der Waals surface area contributed by atoms with Crippen LogP contribution in [0.3, 0.4) is 0 Å². The number of hydrogen-bond acceptors (Lipinski definition) is 4. The first kappa shape index (κ1) is 24.3. The highest BCUT2D eigenvalue weighted by atomic mass is 35.5. The minimum atomic E-state index is -2.98. The van der Waals surface area contributed by atoms with E-state index >= 15 is 0 Å². The smallest absolute Gasteiger partial charge is 0.252 e. The molecule has 0 bridgehead atoms. The Labute approximate surface area is 205 Å². The van der Waals surface area contributed by atoms with Crippen LogP contribution in [-0.4, -0.2) is 46.8 Å². The average Bonchev–Trinajstić information content (AvgIpc) is 2.85. The van der Waals surface area contributed by atoms with Gasteiger partial charge in [-0.05, 0) is 41.5 Å². The lowest BCUT2D eigenvalue weighted by molar-refractivity contribution is -0.139. The lowest BCUT2D eigenvalue weighted by Gasteiger charge is -2.35. The predicted molar refractivity (Wildman–Crippen MR) is 130 cm³/mol. The van der Waals surface area contributed by atoms with Crippen LogP contribution in [0.1, 0.15) is 34.3 Å². The maximum Gasteiger partial charge on any atom is 0.252 e. The van der Waals surface area contributed by atoms with Crippen molar-refractivity contribution in [1.29, 1.82) is 5.26 Å². The molecule has 1 aliphatic rings. The largest absolute Gasteiger partial charge is 0.343 e. The van der Waals surface area contributed by atoms with Crippen molar-refractivity contribution in [2.45, 2.75) is 24.8 Å². The summed E-state index contributed by atoms with van der Waals surface area (Å²) in [7, 11) is 0. The van der Waals surface area contributed by atoms with Crippen LogP contribution in [0, 0.1) is 11.3 Å². The standard InChI is InChI=1S/C26H21ClF2N4O2/c27-19-6-3-17(4-7-19)1-2-18-5-8-23-22(13-18)21(9-11-31-23)25(35)32-16-24(34)33-12-10-26(28,29)14-20(33)15-30/h1-9,11,13,20H,10,12,14,16H2,(H,32,35). The van der Waals surface area contributed by atoms with Crippen LogP contribution < -0.4 is 5.32 Å². The van der Waals surface area contributed by atoms with Crippen molar-refractivity contribution in [2.75, 3.05) is 13.1 Å². The molecule has 2 amide bonds. The average molecular weight is 495 g/mol. The van der Waals surface area contributed by atoms with Gasteiger partial charge < -0.3 is 10.2 Å². The molecule has 0 spiro atoms. The van der Waals surface area contributed by atoms with Crippen LogP contribution in [0.4, 0.5) is 8.78 Å². The molecule has 1 saturated heterocycles. The second kappa shape index (κ2) is 10.2. The summed E-state index contributed by atoms with van der Waals surface area (Å²) in [6, 6.07) is 14.9. The fourth-order valence-corrected chi connectivity index (χ4v) is 4.06. The van der Waals surface area contributed by atoms with Gasteiger partial charge in [0, 0.05) is 36.0 Å². The molecule has 6 nitrogen and oxygen atoms in total. The molecule has 4 rings (SSSR count). The second-order valence-corrected chi connectivity index (χ2v) is 8.68. The fraction of sp³-hybridized carbons (Fsp3) is 0.231. The number of likely N-dealkylation sites (tertiary alicyclic amines) is 1. The molecular formula is C26H21ClF2N4O2. The molecule has 178 valence electrons. The lowest BCUT2D eigenvalue weighted by Crippen LogP contribution is -2.51. The number of nitriles is 1. The van der Waals surface area contributed by atoms with Crippen LogP contribution >= 0.6 is 11.6 Å². The summed E-state index contributed by atoms with van der Waals surface area (Å²) in [5.74, 6) is -4.05. The van der Waals surface area contributed by atoms with Gasteiger partial charge in [0.25, 0.3) is 11.8 Å². The molecule has 0 aliphatic carbocycles. The molecule has 0 saturated carbocycles. The van der Waals surface area contributed by atoms with Crippen LogP contribution in [0.15, 0.2) is 54.7 Å². The molecule has 3 aromatic rings. The third-order valence-corrected chi connectivity index (χ3v) is 6.06. The molecule has 35 heavy (non-hydrogen) atoms. The van der Waals surface area contributed by atoms with Gasteiger partial charge in [0.15, 0.2) is 0 Å². The van der Waals surface area contributed by atoms with Gasteiger partial charge in [-0.2, -0.15) is 5.26 Å². The first-order valence-corrected chi connectivity index (χ1v) is 11.3. The summed E-state index contributed by atoms with van der Waals surface area (Å²) < 4.78 is 27.2. The van der Waals surface area contributed by atoms with Crippen LogP contribution in [0.25, 0.3) is 23.1 Å². The number of alkyl halides is 2. The van der Waals surface area contributed by atoms with Crippen molar-refractivity contribution in [1.82, 2.24) is 15.2 Å². The summed E-state index contributed by atoms with van der Waals surface area (Å²) in [5, 5.41) is 13.0. The Hall–Kier alpha value is -3.83. The van der Waals surface area contributed by atoms with Crippen LogP contribution in [-0.2, 0) is 4.79 Å². The molecule has 1 atom stereocenters. The van der Waals surface area contributed by atoms with E-state index in [1.165, 1.54) is 6.20 Å². The molecule has 1 unspecified atom stereocenters. The maximum atomic E-state index is 13.6. The van der Waals surface area contributed by atoms with Gasteiger partial charge in [-0.25, -0.2) is 8.78 Å². The topological polar surface area (TPSA) is 86.1 Å². The first-order valence-electron chi connectivity index (χ1n) is 10.9. The number of carbonyl (C=O) groups is 2. The zero-order valence-corrected chi connectivity index (χ0v) is 19.3. The number of carbonyl (C=O) groups excluding carboxylic acids is 2. The Morgan fingerprint density at radius 3 is 2.63 bits per heavy atom. The number of rotatable bonds is 5. The quantitative estimate of drug-likeness (QED) is 0.509. The minimum absolute atomic E-state index is 0.235.